The molecular formula is C20H19NO3. The quantitative estimate of drug-likeness (QED) is 0.858. The summed E-state index contributed by atoms with van der Waals surface area (Å²) < 4.78 is 11.2. The molecule has 122 valence electrons. The number of carbonyl (C=O) groups is 1. The van der Waals surface area contributed by atoms with Gasteiger partial charge in [-0.1, -0.05) is 12.0 Å². The second-order valence-corrected chi connectivity index (χ2v) is 5.65. The first-order valence-electron chi connectivity index (χ1n) is 7.97. The minimum Gasteiger partial charge on any atom is -0.491 e. The first kappa shape index (κ1) is 16.1. The van der Waals surface area contributed by atoms with Gasteiger partial charge in [-0.05, 0) is 55.3 Å². The van der Waals surface area contributed by atoms with E-state index in [9.17, 15) is 4.79 Å². The van der Waals surface area contributed by atoms with Crippen molar-refractivity contribution in [1.29, 1.82) is 0 Å². The lowest BCUT2D eigenvalue weighted by molar-refractivity contribution is 0.0679. The molecule has 3 rings (SSSR count). The standard InChI is InChI=1S/C20H19NO3/c1-2-15-5-3-6-17(13-15)21-20(22)16-8-10-18(11-9-16)24-14-19-7-4-12-23-19/h1,3,5-6,8-11,13,19H,4,7,12,14H2,(H,21,22)/t19-/m0/s1. The van der Waals surface area contributed by atoms with E-state index in [1.54, 1.807) is 36.4 Å². The fourth-order valence-electron chi connectivity index (χ4n) is 2.56. The van der Waals surface area contributed by atoms with Gasteiger partial charge in [0.2, 0.25) is 0 Å². The maximum atomic E-state index is 12.3. The third-order valence-corrected chi connectivity index (χ3v) is 3.86. The predicted molar refractivity (Wildman–Crippen MR) is 93.2 cm³/mol. The minimum absolute atomic E-state index is 0.177. The largest absolute Gasteiger partial charge is 0.491 e. The van der Waals surface area contributed by atoms with Crippen LogP contribution in [-0.4, -0.2) is 25.2 Å². The Kier molecular flexibility index (Phi) is 5.15. The summed E-state index contributed by atoms with van der Waals surface area (Å²) in [6.45, 7) is 1.36. The second kappa shape index (κ2) is 7.67. The number of anilines is 1. The highest BCUT2D eigenvalue weighted by Gasteiger charge is 2.16. The Hall–Kier alpha value is -2.77. The topological polar surface area (TPSA) is 47.6 Å². The molecule has 0 bridgehead atoms. The van der Waals surface area contributed by atoms with Crippen LogP contribution >= 0.6 is 0 Å². The average molecular weight is 321 g/mol. The minimum atomic E-state index is -0.185. The van der Waals surface area contributed by atoms with Gasteiger partial charge in [-0.15, -0.1) is 6.42 Å². The molecule has 2 aromatic rings. The fourth-order valence-corrected chi connectivity index (χ4v) is 2.56. The Balaban J connectivity index is 1.57. The molecule has 1 fully saturated rings. The summed E-state index contributed by atoms with van der Waals surface area (Å²) in [6.07, 6.45) is 7.67. The van der Waals surface area contributed by atoms with Crippen LogP contribution in [0.25, 0.3) is 0 Å². The van der Waals surface area contributed by atoms with Gasteiger partial charge >= 0.3 is 0 Å². The van der Waals surface area contributed by atoms with E-state index in [2.05, 4.69) is 11.2 Å². The van der Waals surface area contributed by atoms with E-state index in [1.807, 2.05) is 12.1 Å². The maximum absolute atomic E-state index is 12.3. The van der Waals surface area contributed by atoms with E-state index in [-0.39, 0.29) is 12.0 Å². The fraction of sp³-hybridized carbons (Fsp3) is 0.250. The van der Waals surface area contributed by atoms with Gasteiger partial charge in [0.1, 0.15) is 12.4 Å². The first-order chi connectivity index (χ1) is 11.7. The van der Waals surface area contributed by atoms with E-state index < -0.39 is 0 Å². The van der Waals surface area contributed by atoms with Gasteiger partial charge in [-0.25, -0.2) is 0 Å². The lowest BCUT2D eigenvalue weighted by Crippen LogP contribution is -2.16. The lowest BCUT2D eigenvalue weighted by atomic mass is 10.1. The third kappa shape index (κ3) is 4.15. The van der Waals surface area contributed by atoms with Crippen molar-refractivity contribution in [3.63, 3.8) is 0 Å². The smallest absolute Gasteiger partial charge is 0.255 e. The number of amides is 1. The summed E-state index contributed by atoms with van der Waals surface area (Å²) in [4.78, 5) is 12.3. The summed E-state index contributed by atoms with van der Waals surface area (Å²) in [5, 5.41) is 2.83. The predicted octanol–water partition coefficient (Wildman–Crippen LogP) is 3.48. The van der Waals surface area contributed by atoms with Gasteiger partial charge in [0.05, 0.1) is 6.10 Å². The highest BCUT2D eigenvalue weighted by atomic mass is 16.5. The molecule has 24 heavy (non-hydrogen) atoms. The van der Waals surface area contributed by atoms with E-state index in [1.165, 1.54) is 0 Å². The molecule has 0 unspecified atom stereocenters. The number of terminal acetylenes is 1. The van der Waals surface area contributed by atoms with Crippen molar-refractivity contribution < 1.29 is 14.3 Å². The molecule has 1 N–H and O–H groups in total. The zero-order chi connectivity index (χ0) is 16.8. The van der Waals surface area contributed by atoms with Gasteiger partial charge in [0, 0.05) is 23.4 Å². The molecule has 0 aromatic heterocycles. The number of carbonyl (C=O) groups excluding carboxylic acids is 1. The summed E-state index contributed by atoms with van der Waals surface area (Å²) in [6, 6.07) is 14.3. The van der Waals surface area contributed by atoms with E-state index in [0.717, 1.165) is 30.8 Å². The Morgan fingerprint density at radius 3 is 2.83 bits per heavy atom. The van der Waals surface area contributed by atoms with Crippen LogP contribution in [0.2, 0.25) is 0 Å². The van der Waals surface area contributed by atoms with Crippen LogP contribution in [0.15, 0.2) is 48.5 Å². The van der Waals surface area contributed by atoms with Crippen LogP contribution in [-0.2, 0) is 4.74 Å². The summed E-state index contributed by atoms with van der Waals surface area (Å²) in [7, 11) is 0. The Labute approximate surface area is 141 Å². The first-order valence-corrected chi connectivity index (χ1v) is 7.97. The molecule has 1 aliphatic rings. The Morgan fingerprint density at radius 1 is 1.29 bits per heavy atom. The third-order valence-electron chi connectivity index (χ3n) is 3.86. The summed E-state index contributed by atoms with van der Waals surface area (Å²) in [5.41, 5.74) is 1.96. The lowest BCUT2D eigenvalue weighted by Gasteiger charge is -2.12. The van der Waals surface area contributed by atoms with E-state index in [0.29, 0.717) is 17.9 Å². The van der Waals surface area contributed by atoms with Crippen molar-refractivity contribution in [2.45, 2.75) is 18.9 Å². The van der Waals surface area contributed by atoms with Gasteiger partial charge in [0.15, 0.2) is 0 Å². The van der Waals surface area contributed by atoms with Crippen LogP contribution in [0.4, 0.5) is 5.69 Å². The molecule has 1 atom stereocenters. The molecule has 0 radical (unpaired) electrons. The molecule has 1 heterocycles. The number of hydrogen-bond acceptors (Lipinski definition) is 3. The highest BCUT2D eigenvalue weighted by Crippen LogP contribution is 2.17. The van der Waals surface area contributed by atoms with Gasteiger partial charge in [-0.3, -0.25) is 4.79 Å². The molecule has 4 nitrogen and oxygen atoms in total. The number of nitrogens with one attached hydrogen (secondary N) is 1. The Morgan fingerprint density at radius 2 is 2.12 bits per heavy atom. The number of hydrogen-bond donors (Lipinski definition) is 1. The number of ether oxygens (including phenoxy) is 2. The van der Waals surface area contributed by atoms with Crippen LogP contribution in [0.5, 0.6) is 5.75 Å². The van der Waals surface area contributed by atoms with Crippen molar-refractivity contribution in [3.05, 3.63) is 59.7 Å². The molecular weight excluding hydrogens is 302 g/mol. The average Bonchev–Trinajstić information content (AvgIpc) is 3.14. The molecule has 1 saturated heterocycles. The molecule has 0 saturated carbocycles. The van der Waals surface area contributed by atoms with Crippen LogP contribution in [0, 0.1) is 12.3 Å². The summed E-state index contributed by atoms with van der Waals surface area (Å²) in [5.74, 6) is 3.09. The van der Waals surface area contributed by atoms with Crippen molar-refractivity contribution in [2.24, 2.45) is 0 Å². The van der Waals surface area contributed by atoms with Crippen LogP contribution in [0.1, 0.15) is 28.8 Å². The normalized spacial score (nSPS) is 16.4. The maximum Gasteiger partial charge on any atom is 0.255 e. The number of benzene rings is 2. The van der Waals surface area contributed by atoms with Crippen molar-refractivity contribution in [2.75, 3.05) is 18.5 Å². The molecule has 0 aliphatic carbocycles. The monoisotopic (exact) mass is 321 g/mol. The van der Waals surface area contributed by atoms with Crippen molar-refractivity contribution >= 4 is 11.6 Å². The Bertz CT molecular complexity index is 740. The van der Waals surface area contributed by atoms with Gasteiger partial charge < -0.3 is 14.8 Å². The molecule has 1 amide bonds. The zero-order valence-electron chi connectivity index (χ0n) is 13.3. The highest BCUT2D eigenvalue weighted by molar-refractivity contribution is 6.04. The van der Waals surface area contributed by atoms with Crippen LogP contribution in [0.3, 0.4) is 0 Å². The van der Waals surface area contributed by atoms with Crippen LogP contribution < -0.4 is 10.1 Å². The zero-order valence-corrected chi connectivity index (χ0v) is 13.3. The number of rotatable bonds is 5. The van der Waals surface area contributed by atoms with E-state index in [4.69, 9.17) is 15.9 Å². The van der Waals surface area contributed by atoms with E-state index >= 15 is 0 Å². The van der Waals surface area contributed by atoms with Crippen molar-refractivity contribution in [1.82, 2.24) is 0 Å². The molecule has 2 aromatic carbocycles. The van der Waals surface area contributed by atoms with Crippen molar-refractivity contribution in [3.8, 4) is 18.1 Å². The molecule has 1 aliphatic heterocycles. The van der Waals surface area contributed by atoms with Gasteiger partial charge in [0.25, 0.3) is 5.91 Å². The molecule has 0 spiro atoms. The SMILES string of the molecule is C#Cc1cccc(NC(=O)c2ccc(OC[C@@H]3CCCO3)cc2)c1. The summed E-state index contributed by atoms with van der Waals surface area (Å²) >= 11 is 0. The van der Waals surface area contributed by atoms with Gasteiger partial charge in [-0.2, -0.15) is 0 Å². The molecule has 4 heteroatoms. The second-order valence-electron chi connectivity index (χ2n) is 5.65.